The summed E-state index contributed by atoms with van der Waals surface area (Å²) in [5.74, 6) is -2.68. The highest BCUT2D eigenvalue weighted by Crippen LogP contribution is 2.21. The van der Waals surface area contributed by atoms with Crippen molar-refractivity contribution in [3.8, 4) is 0 Å². The molecule has 1 unspecified atom stereocenters. The summed E-state index contributed by atoms with van der Waals surface area (Å²) in [6, 6.07) is 0. The van der Waals surface area contributed by atoms with Crippen LogP contribution < -0.4 is 0 Å². The highest BCUT2D eigenvalue weighted by molar-refractivity contribution is 7.87. The molecule has 1 atom stereocenters. The van der Waals surface area contributed by atoms with Crippen LogP contribution in [0.4, 0.5) is 0 Å². The predicted molar refractivity (Wildman–Crippen MR) is 60.6 cm³/mol. The van der Waals surface area contributed by atoms with Gasteiger partial charge in [-0.2, -0.15) is 8.42 Å². The van der Waals surface area contributed by atoms with Crippen molar-refractivity contribution in [2.24, 2.45) is 0 Å². The van der Waals surface area contributed by atoms with E-state index >= 15 is 0 Å². The van der Waals surface area contributed by atoms with Crippen molar-refractivity contribution in [1.82, 2.24) is 0 Å². The molecule has 2 N–H and O–H groups in total. The zero-order valence-electron chi connectivity index (χ0n) is 9.74. The molecule has 0 radical (unpaired) electrons. The van der Waals surface area contributed by atoms with E-state index in [-0.39, 0.29) is 6.10 Å². The molecule has 104 valence electrons. The summed E-state index contributed by atoms with van der Waals surface area (Å²) in [7, 11) is -4.80. The van der Waals surface area contributed by atoms with E-state index in [1.165, 1.54) is 0 Å². The van der Waals surface area contributed by atoms with E-state index < -0.39 is 33.7 Å². The van der Waals surface area contributed by atoms with Gasteiger partial charge in [0.2, 0.25) is 0 Å². The number of carboxylic acids is 1. The van der Waals surface area contributed by atoms with Gasteiger partial charge in [0.05, 0.1) is 6.42 Å². The Hall–Kier alpha value is -1.15. The number of carbonyl (C=O) groups excluding carboxylic acids is 1. The molecule has 0 aromatic rings. The fourth-order valence-corrected chi connectivity index (χ4v) is 2.49. The summed E-state index contributed by atoms with van der Waals surface area (Å²) in [4.78, 5) is 22.0. The molecule has 8 heteroatoms. The van der Waals surface area contributed by atoms with Crippen molar-refractivity contribution < 1.29 is 32.4 Å². The minimum absolute atomic E-state index is 0.276. The number of ether oxygens (including phenoxy) is 1. The van der Waals surface area contributed by atoms with Gasteiger partial charge in [0.15, 0.2) is 5.25 Å². The molecule has 0 heterocycles. The fourth-order valence-electron chi connectivity index (χ4n) is 1.89. The molecule has 1 aliphatic carbocycles. The van der Waals surface area contributed by atoms with E-state index in [0.717, 1.165) is 19.3 Å². The monoisotopic (exact) mass is 280 g/mol. The van der Waals surface area contributed by atoms with Crippen LogP contribution in [0.5, 0.6) is 0 Å². The molecule has 1 rings (SSSR count). The molecular weight excluding hydrogens is 264 g/mol. The summed E-state index contributed by atoms with van der Waals surface area (Å²) < 4.78 is 35.2. The third-order valence-electron chi connectivity index (χ3n) is 2.84. The van der Waals surface area contributed by atoms with E-state index in [0.29, 0.717) is 12.8 Å². The highest BCUT2D eigenvalue weighted by atomic mass is 32.2. The molecule has 1 fully saturated rings. The zero-order valence-corrected chi connectivity index (χ0v) is 10.6. The molecule has 0 aromatic heterocycles. The third kappa shape index (κ3) is 4.61. The van der Waals surface area contributed by atoms with E-state index in [1.807, 2.05) is 0 Å². The average Bonchev–Trinajstić information content (AvgIpc) is 2.25. The molecule has 7 nitrogen and oxygen atoms in total. The largest absolute Gasteiger partial charge is 0.480 e. The molecule has 1 aliphatic rings. The Kier molecular flexibility index (Phi) is 5.09. The van der Waals surface area contributed by atoms with Crippen LogP contribution in [-0.2, 0) is 24.4 Å². The van der Waals surface area contributed by atoms with Crippen molar-refractivity contribution in [1.29, 1.82) is 0 Å². The van der Waals surface area contributed by atoms with Crippen LogP contribution in [0.1, 0.15) is 38.5 Å². The summed E-state index contributed by atoms with van der Waals surface area (Å²) in [5.41, 5.74) is 0. The first kappa shape index (κ1) is 14.9. The lowest BCUT2D eigenvalue weighted by atomic mass is 9.98. The van der Waals surface area contributed by atoms with Gasteiger partial charge in [-0.05, 0) is 25.7 Å². The molecule has 18 heavy (non-hydrogen) atoms. The van der Waals surface area contributed by atoms with Gasteiger partial charge in [0.25, 0.3) is 10.1 Å². The van der Waals surface area contributed by atoms with Crippen LogP contribution in [0, 0.1) is 0 Å². The first-order valence-electron chi connectivity index (χ1n) is 5.69. The van der Waals surface area contributed by atoms with Gasteiger partial charge in [-0.25, -0.2) is 0 Å². The van der Waals surface area contributed by atoms with Crippen molar-refractivity contribution in [3.05, 3.63) is 0 Å². The second kappa shape index (κ2) is 6.14. The Labute approximate surface area is 105 Å². The van der Waals surface area contributed by atoms with Crippen LogP contribution in [-0.4, -0.2) is 41.4 Å². The van der Waals surface area contributed by atoms with Gasteiger partial charge in [0.1, 0.15) is 6.10 Å². The van der Waals surface area contributed by atoms with Gasteiger partial charge in [0, 0.05) is 0 Å². The molecule has 0 aromatic carbocycles. The molecule has 0 spiro atoms. The highest BCUT2D eigenvalue weighted by Gasteiger charge is 2.34. The van der Waals surface area contributed by atoms with Crippen LogP contribution in [0.3, 0.4) is 0 Å². The molecule has 1 saturated carbocycles. The number of hydrogen-bond acceptors (Lipinski definition) is 5. The molecule has 0 saturated heterocycles. The van der Waals surface area contributed by atoms with E-state index in [1.54, 1.807) is 0 Å². The SMILES string of the molecule is O=C(CC(C(=O)O)S(=O)(=O)O)OC1CCCCC1. The summed E-state index contributed by atoms with van der Waals surface area (Å²) in [5, 5.41) is 6.46. The van der Waals surface area contributed by atoms with Crippen molar-refractivity contribution >= 4 is 22.1 Å². The third-order valence-corrected chi connectivity index (χ3v) is 3.92. The molecule has 0 aliphatic heterocycles. The first-order chi connectivity index (χ1) is 8.30. The van der Waals surface area contributed by atoms with Crippen LogP contribution >= 0.6 is 0 Å². The minimum atomic E-state index is -4.80. The predicted octanol–water partition coefficient (Wildman–Crippen LogP) is 0.593. The summed E-state index contributed by atoms with van der Waals surface area (Å²) in [6.07, 6.45) is 3.19. The van der Waals surface area contributed by atoms with E-state index in [9.17, 15) is 18.0 Å². The Morgan fingerprint density at radius 3 is 2.22 bits per heavy atom. The summed E-state index contributed by atoms with van der Waals surface area (Å²) in [6.45, 7) is 0. The number of hydrogen-bond donors (Lipinski definition) is 2. The zero-order chi connectivity index (χ0) is 13.8. The molecule has 0 amide bonds. The van der Waals surface area contributed by atoms with Gasteiger partial charge >= 0.3 is 11.9 Å². The first-order valence-corrected chi connectivity index (χ1v) is 7.19. The molecule has 0 bridgehead atoms. The average molecular weight is 280 g/mol. The number of rotatable bonds is 5. The van der Waals surface area contributed by atoms with E-state index in [2.05, 4.69) is 0 Å². The molecular formula is C10H16O7S. The lowest BCUT2D eigenvalue weighted by Crippen LogP contribution is -2.34. The van der Waals surface area contributed by atoms with Gasteiger partial charge in [-0.3, -0.25) is 14.1 Å². The van der Waals surface area contributed by atoms with Gasteiger partial charge in [-0.15, -0.1) is 0 Å². The second-order valence-corrected chi connectivity index (χ2v) is 5.89. The van der Waals surface area contributed by atoms with Crippen LogP contribution in [0.2, 0.25) is 0 Å². The standard InChI is InChI=1S/C10H16O7S/c11-9(17-7-4-2-1-3-5-7)6-8(10(12)13)18(14,15)16/h7-8H,1-6H2,(H,12,13)(H,14,15,16). The quantitative estimate of drug-likeness (QED) is 0.559. The Bertz CT molecular complexity index is 408. The Morgan fingerprint density at radius 1 is 1.22 bits per heavy atom. The maximum absolute atomic E-state index is 11.4. The van der Waals surface area contributed by atoms with Crippen LogP contribution in [0.25, 0.3) is 0 Å². The van der Waals surface area contributed by atoms with Crippen molar-refractivity contribution in [3.63, 3.8) is 0 Å². The Morgan fingerprint density at radius 2 is 1.78 bits per heavy atom. The number of carboxylic acid groups (broad SMARTS) is 1. The van der Waals surface area contributed by atoms with Crippen LogP contribution in [0.15, 0.2) is 0 Å². The number of esters is 1. The lowest BCUT2D eigenvalue weighted by molar-refractivity contribution is -0.153. The summed E-state index contributed by atoms with van der Waals surface area (Å²) >= 11 is 0. The second-order valence-electron chi connectivity index (χ2n) is 4.30. The Balaban J connectivity index is 2.54. The van der Waals surface area contributed by atoms with Gasteiger partial charge in [-0.1, -0.05) is 6.42 Å². The topological polar surface area (TPSA) is 118 Å². The van der Waals surface area contributed by atoms with Gasteiger partial charge < -0.3 is 9.84 Å². The fraction of sp³-hybridized carbons (Fsp3) is 0.800. The smallest absolute Gasteiger partial charge is 0.325 e. The minimum Gasteiger partial charge on any atom is -0.480 e. The van der Waals surface area contributed by atoms with Crippen molar-refractivity contribution in [2.75, 3.05) is 0 Å². The van der Waals surface area contributed by atoms with Crippen molar-refractivity contribution in [2.45, 2.75) is 49.9 Å². The normalized spacial score (nSPS) is 19.2. The van der Waals surface area contributed by atoms with E-state index in [4.69, 9.17) is 14.4 Å². The maximum Gasteiger partial charge on any atom is 0.325 e. The maximum atomic E-state index is 11.4. The number of aliphatic carboxylic acids is 1. The lowest BCUT2D eigenvalue weighted by Gasteiger charge is -2.22. The number of carbonyl (C=O) groups is 2.